The summed E-state index contributed by atoms with van der Waals surface area (Å²) in [6.07, 6.45) is 0.254. The van der Waals surface area contributed by atoms with Crippen LogP contribution < -0.4 is 10.2 Å². The van der Waals surface area contributed by atoms with Gasteiger partial charge in [0.1, 0.15) is 16.9 Å². The highest BCUT2D eigenvalue weighted by atomic mass is 16.5. The maximum Gasteiger partial charge on any atom is 0.335 e. The third kappa shape index (κ3) is 2.87. The molecule has 0 saturated carbocycles. The van der Waals surface area contributed by atoms with Gasteiger partial charge in [-0.1, -0.05) is 6.92 Å². The Balaban J connectivity index is 2.43. The van der Waals surface area contributed by atoms with E-state index in [1.807, 2.05) is 0 Å². The zero-order chi connectivity index (χ0) is 18.1. The van der Waals surface area contributed by atoms with Crippen molar-refractivity contribution >= 4 is 33.7 Å². The molecule has 1 N–H and O–H groups in total. The van der Waals surface area contributed by atoms with E-state index in [2.05, 4.69) is 0 Å². The molecule has 0 atom stereocenters. The number of rotatable bonds is 5. The summed E-state index contributed by atoms with van der Waals surface area (Å²) in [6, 6.07) is 7.14. The van der Waals surface area contributed by atoms with Gasteiger partial charge in [-0.2, -0.15) is 0 Å². The largest absolute Gasteiger partial charge is 0.494 e. The average Bonchev–Trinajstić information content (AvgIpc) is 2.61. The number of aromatic carboxylic acids is 1. The van der Waals surface area contributed by atoms with Gasteiger partial charge in [-0.25, -0.2) is 4.79 Å². The highest BCUT2D eigenvalue weighted by Gasteiger charge is 2.18. The van der Waals surface area contributed by atoms with Crippen molar-refractivity contribution in [3.63, 3.8) is 0 Å². The number of carbonyl (C=O) groups is 2. The molecule has 3 aromatic rings. The quantitative estimate of drug-likeness (QED) is 0.563. The Labute approximate surface area is 142 Å². The molecular formula is C19H16O6. The van der Waals surface area contributed by atoms with Gasteiger partial charge in [0, 0.05) is 6.42 Å². The van der Waals surface area contributed by atoms with E-state index in [-0.39, 0.29) is 45.3 Å². The summed E-state index contributed by atoms with van der Waals surface area (Å²) in [5.41, 5.74) is 0.300. The molecule has 2 aromatic carbocycles. The van der Waals surface area contributed by atoms with E-state index in [4.69, 9.17) is 14.3 Å². The second-order valence-corrected chi connectivity index (χ2v) is 5.50. The molecule has 0 bridgehead atoms. The van der Waals surface area contributed by atoms with Crippen LogP contribution in [0.2, 0.25) is 0 Å². The molecule has 0 aliphatic rings. The Hall–Kier alpha value is -3.15. The Morgan fingerprint density at radius 3 is 2.52 bits per heavy atom. The van der Waals surface area contributed by atoms with Crippen molar-refractivity contribution in [2.45, 2.75) is 20.3 Å². The van der Waals surface area contributed by atoms with Crippen molar-refractivity contribution in [2.24, 2.45) is 0 Å². The molecule has 6 heteroatoms. The van der Waals surface area contributed by atoms with Gasteiger partial charge in [0.25, 0.3) is 0 Å². The number of hydrogen-bond acceptors (Lipinski definition) is 5. The smallest absolute Gasteiger partial charge is 0.335 e. The Bertz CT molecular complexity index is 1060. The van der Waals surface area contributed by atoms with Crippen molar-refractivity contribution in [2.75, 3.05) is 6.61 Å². The monoisotopic (exact) mass is 340 g/mol. The van der Waals surface area contributed by atoms with Crippen LogP contribution in [0.3, 0.4) is 0 Å². The van der Waals surface area contributed by atoms with E-state index in [1.165, 1.54) is 24.3 Å². The van der Waals surface area contributed by atoms with Gasteiger partial charge >= 0.3 is 5.97 Å². The highest BCUT2D eigenvalue weighted by Crippen LogP contribution is 2.28. The standard InChI is InChI=1S/C19H16O6/c1-3-15(20)12-8-11(24-4-2)9-14-17(21)13-7-10(19(22)23)5-6-16(13)25-18(12)14/h5-9H,3-4H2,1-2H3,(H,22,23). The van der Waals surface area contributed by atoms with Gasteiger partial charge in [0.05, 0.1) is 28.5 Å². The zero-order valence-electron chi connectivity index (χ0n) is 13.8. The summed E-state index contributed by atoms with van der Waals surface area (Å²) in [4.78, 5) is 36.3. The van der Waals surface area contributed by atoms with Gasteiger partial charge in [0.2, 0.25) is 5.43 Å². The number of fused-ring (bicyclic) bond motifs is 2. The lowest BCUT2D eigenvalue weighted by Gasteiger charge is -2.10. The molecule has 3 rings (SSSR count). The molecule has 0 radical (unpaired) electrons. The Kier molecular flexibility index (Phi) is 4.27. The second-order valence-electron chi connectivity index (χ2n) is 5.50. The first-order valence-electron chi connectivity index (χ1n) is 7.90. The third-order valence-electron chi connectivity index (χ3n) is 3.92. The van der Waals surface area contributed by atoms with Gasteiger partial charge in [-0.05, 0) is 37.3 Å². The van der Waals surface area contributed by atoms with Crippen LogP contribution in [0.25, 0.3) is 21.9 Å². The lowest BCUT2D eigenvalue weighted by Crippen LogP contribution is -2.08. The van der Waals surface area contributed by atoms with E-state index in [9.17, 15) is 14.4 Å². The molecule has 0 saturated heterocycles. The summed E-state index contributed by atoms with van der Waals surface area (Å²) in [5.74, 6) is -0.907. The van der Waals surface area contributed by atoms with Gasteiger partial charge < -0.3 is 14.3 Å². The van der Waals surface area contributed by atoms with Crippen LogP contribution in [-0.2, 0) is 0 Å². The lowest BCUT2D eigenvalue weighted by molar-refractivity contribution is 0.0697. The maximum atomic E-state index is 12.9. The van der Waals surface area contributed by atoms with Crippen LogP contribution in [0, 0.1) is 0 Å². The molecule has 1 heterocycles. The number of hydrogen-bond donors (Lipinski definition) is 1. The fourth-order valence-electron chi connectivity index (χ4n) is 2.71. The number of ketones is 1. The Morgan fingerprint density at radius 1 is 1.12 bits per heavy atom. The van der Waals surface area contributed by atoms with Crippen molar-refractivity contribution in [1.82, 2.24) is 0 Å². The topological polar surface area (TPSA) is 93.8 Å². The summed E-state index contributed by atoms with van der Waals surface area (Å²) in [6.45, 7) is 3.90. The summed E-state index contributed by atoms with van der Waals surface area (Å²) >= 11 is 0. The first-order valence-corrected chi connectivity index (χ1v) is 7.90. The van der Waals surface area contributed by atoms with Crippen LogP contribution in [-0.4, -0.2) is 23.5 Å². The van der Waals surface area contributed by atoms with Gasteiger partial charge in [0.15, 0.2) is 5.78 Å². The van der Waals surface area contributed by atoms with Crippen LogP contribution in [0.15, 0.2) is 39.5 Å². The zero-order valence-corrected chi connectivity index (χ0v) is 13.8. The predicted molar refractivity (Wildman–Crippen MR) is 92.7 cm³/mol. The molecule has 25 heavy (non-hydrogen) atoms. The molecule has 0 amide bonds. The van der Waals surface area contributed by atoms with Crippen LogP contribution in [0.5, 0.6) is 5.75 Å². The molecule has 6 nitrogen and oxygen atoms in total. The minimum atomic E-state index is -1.13. The van der Waals surface area contributed by atoms with E-state index in [1.54, 1.807) is 19.9 Å². The summed E-state index contributed by atoms with van der Waals surface area (Å²) < 4.78 is 11.2. The van der Waals surface area contributed by atoms with Crippen LogP contribution in [0.4, 0.5) is 0 Å². The SMILES string of the molecule is CCOc1cc(C(=O)CC)c2oc3ccc(C(=O)O)cc3c(=O)c2c1. The summed E-state index contributed by atoms with van der Waals surface area (Å²) in [7, 11) is 0. The van der Waals surface area contributed by atoms with Crippen molar-refractivity contribution in [1.29, 1.82) is 0 Å². The first kappa shape index (κ1) is 16.7. The molecule has 0 spiro atoms. The average molecular weight is 340 g/mol. The number of carboxylic acid groups (broad SMARTS) is 1. The molecule has 0 aliphatic heterocycles. The Morgan fingerprint density at radius 2 is 1.88 bits per heavy atom. The number of ether oxygens (including phenoxy) is 1. The number of Topliss-reactive ketones (excluding diaryl/α,β-unsaturated/α-hetero) is 1. The van der Waals surface area contributed by atoms with Gasteiger partial charge in [-0.3, -0.25) is 9.59 Å². The third-order valence-corrected chi connectivity index (χ3v) is 3.92. The van der Waals surface area contributed by atoms with Crippen molar-refractivity contribution < 1.29 is 23.8 Å². The van der Waals surface area contributed by atoms with E-state index in [0.29, 0.717) is 12.4 Å². The van der Waals surface area contributed by atoms with Crippen LogP contribution in [0.1, 0.15) is 41.0 Å². The highest BCUT2D eigenvalue weighted by molar-refractivity contribution is 6.08. The molecule has 0 unspecified atom stereocenters. The van der Waals surface area contributed by atoms with Crippen LogP contribution >= 0.6 is 0 Å². The molecule has 128 valence electrons. The molecule has 0 fully saturated rings. The second kappa shape index (κ2) is 6.39. The molecule has 1 aromatic heterocycles. The van der Waals surface area contributed by atoms with Gasteiger partial charge in [-0.15, -0.1) is 0 Å². The fraction of sp³-hybridized carbons (Fsp3) is 0.211. The predicted octanol–water partition coefficient (Wildman–Crippen LogP) is 3.64. The first-order chi connectivity index (χ1) is 12.0. The fourth-order valence-corrected chi connectivity index (χ4v) is 2.71. The number of carboxylic acids is 1. The van der Waals surface area contributed by atoms with E-state index >= 15 is 0 Å². The van der Waals surface area contributed by atoms with Crippen molar-refractivity contribution in [3.05, 3.63) is 51.7 Å². The minimum absolute atomic E-state index is 0.00929. The summed E-state index contributed by atoms with van der Waals surface area (Å²) in [5, 5.41) is 9.46. The molecular weight excluding hydrogens is 324 g/mol. The minimum Gasteiger partial charge on any atom is -0.494 e. The molecule has 0 aliphatic carbocycles. The van der Waals surface area contributed by atoms with Crippen molar-refractivity contribution in [3.8, 4) is 5.75 Å². The van der Waals surface area contributed by atoms with E-state index < -0.39 is 11.4 Å². The number of benzene rings is 2. The van der Waals surface area contributed by atoms with E-state index in [0.717, 1.165) is 0 Å². The maximum absolute atomic E-state index is 12.9. The number of carbonyl (C=O) groups excluding carboxylic acids is 1. The lowest BCUT2D eigenvalue weighted by atomic mass is 10.0. The normalized spacial score (nSPS) is 11.0.